The van der Waals surface area contributed by atoms with Crippen molar-refractivity contribution in [2.75, 3.05) is 0 Å². The zero-order chi connectivity index (χ0) is 11.0. The van der Waals surface area contributed by atoms with Gasteiger partial charge >= 0.3 is 0 Å². The molecule has 0 aliphatic rings. The number of aryl methyl sites for hydroxylation is 1. The second kappa shape index (κ2) is 3.68. The van der Waals surface area contributed by atoms with E-state index in [0.29, 0.717) is 10.6 Å². The van der Waals surface area contributed by atoms with Crippen LogP contribution in [0.2, 0.25) is 5.02 Å². The number of hydrogen-bond donors (Lipinski definition) is 2. The molecule has 0 bridgehead atoms. The van der Waals surface area contributed by atoms with Crippen molar-refractivity contribution < 1.29 is 0 Å². The highest BCUT2D eigenvalue weighted by atomic mass is 35.5. The Morgan fingerprint density at radius 1 is 1.40 bits per heavy atom. The van der Waals surface area contributed by atoms with Crippen molar-refractivity contribution in [2.24, 2.45) is 5.73 Å². The number of nitrogens with two attached hydrogens (primary N) is 1. The van der Waals surface area contributed by atoms with E-state index in [2.05, 4.69) is 4.98 Å². The molecule has 1 aromatic heterocycles. The highest BCUT2D eigenvalue weighted by molar-refractivity contribution is 6.31. The van der Waals surface area contributed by atoms with E-state index in [1.807, 2.05) is 19.1 Å². The van der Waals surface area contributed by atoms with Crippen molar-refractivity contribution in [3.05, 3.63) is 44.7 Å². The first-order chi connectivity index (χ1) is 7.11. The van der Waals surface area contributed by atoms with Gasteiger partial charge in [0.25, 0.3) is 5.56 Å². The van der Waals surface area contributed by atoms with Crippen LogP contribution in [0.25, 0.3) is 10.9 Å². The molecule has 1 heterocycles. The van der Waals surface area contributed by atoms with Crippen molar-refractivity contribution in [1.29, 1.82) is 0 Å². The van der Waals surface area contributed by atoms with Crippen LogP contribution in [0.15, 0.2) is 23.0 Å². The van der Waals surface area contributed by atoms with Crippen LogP contribution < -0.4 is 11.3 Å². The van der Waals surface area contributed by atoms with Crippen molar-refractivity contribution in [2.45, 2.75) is 13.5 Å². The molecular formula is C11H11ClN2O. The second-order valence-electron chi connectivity index (χ2n) is 3.51. The summed E-state index contributed by atoms with van der Waals surface area (Å²) in [5.41, 5.74) is 7.69. The fourth-order valence-electron chi connectivity index (χ4n) is 1.65. The standard InChI is InChI=1S/C11H11ClN2O/c1-6-2-9(12)4-7-3-8(5-13)11(15)14-10(6)7/h2-4H,5,13H2,1H3,(H,14,15). The Labute approximate surface area is 91.9 Å². The smallest absolute Gasteiger partial charge is 0.252 e. The Morgan fingerprint density at radius 3 is 2.80 bits per heavy atom. The van der Waals surface area contributed by atoms with E-state index in [4.69, 9.17) is 17.3 Å². The van der Waals surface area contributed by atoms with E-state index >= 15 is 0 Å². The van der Waals surface area contributed by atoms with E-state index in [1.54, 1.807) is 6.07 Å². The van der Waals surface area contributed by atoms with Crippen LogP contribution in [0.5, 0.6) is 0 Å². The molecule has 0 radical (unpaired) electrons. The van der Waals surface area contributed by atoms with Gasteiger partial charge in [0.2, 0.25) is 0 Å². The molecule has 3 N–H and O–H groups in total. The van der Waals surface area contributed by atoms with Gasteiger partial charge in [0, 0.05) is 22.5 Å². The van der Waals surface area contributed by atoms with Crippen LogP contribution in [-0.4, -0.2) is 4.98 Å². The van der Waals surface area contributed by atoms with Crippen LogP contribution in [0.3, 0.4) is 0 Å². The number of aromatic amines is 1. The average Bonchev–Trinajstić information content (AvgIpc) is 2.18. The van der Waals surface area contributed by atoms with Gasteiger partial charge in [0.15, 0.2) is 0 Å². The van der Waals surface area contributed by atoms with Crippen molar-refractivity contribution >= 4 is 22.5 Å². The SMILES string of the molecule is Cc1cc(Cl)cc2cc(CN)c(=O)[nH]c12. The maximum atomic E-state index is 11.5. The average molecular weight is 223 g/mol. The van der Waals surface area contributed by atoms with Crippen molar-refractivity contribution in [3.63, 3.8) is 0 Å². The Kier molecular flexibility index (Phi) is 2.50. The molecule has 2 rings (SSSR count). The molecule has 0 spiro atoms. The van der Waals surface area contributed by atoms with Gasteiger partial charge in [0.05, 0.1) is 5.52 Å². The number of hydrogen-bond acceptors (Lipinski definition) is 2. The molecule has 0 amide bonds. The Bertz CT molecular complexity index is 575. The Morgan fingerprint density at radius 2 is 2.13 bits per heavy atom. The minimum atomic E-state index is -0.129. The summed E-state index contributed by atoms with van der Waals surface area (Å²) in [4.78, 5) is 14.3. The van der Waals surface area contributed by atoms with Crippen LogP contribution in [0.4, 0.5) is 0 Å². The topological polar surface area (TPSA) is 58.9 Å². The molecule has 0 atom stereocenters. The normalized spacial score (nSPS) is 10.9. The maximum absolute atomic E-state index is 11.5. The van der Waals surface area contributed by atoms with E-state index in [-0.39, 0.29) is 12.1 Å². The highest BCUT2D eigenvalue weighted by Gasteiger charge is 2.04. The number of halogens is 1. The van der Waals surface area contributed by atoms with Gasteiger partial charge in [-0.3, -0.25) is 4.79 Å². The zero-order valence-electron chi connectivity index (χ0n) is 8.30. The van der Waals surface area contributed by atoms with E-state index in [9.17, 15) is 4.79 Å². The summed E-state index contributed by atoms with van der Waals surface area (Å²) in [5, 5.41) is 1.58. The molecular weight excluding hydrogens is 212 g/mol. The fourth-order valence-corrected chi connectivity index (χ4v) is 1.93. The Hall–Kier alpha value is -1.32. The van der Waals surface area contributed by atoms with Crippen LogP contribution in [0.1, 0.15) is 11.1 Å². The summed E-state index contributed by atoms with van der Waals surface area (Å²) >= 11 is 5.94. The van der Waals surface area contributed by atoms with Gasteiger partial charge < -0.3 is 10.7 Å². The fraction of sp³-hybridized carbons (Fsp3) is 0.182. The lowest BCUT2D eigenvalue weighted by atomic mass is 10.1. The second-order valence-corrected chi connectivity index (χ2v) is 3.95. The first-order valence-corrected chi connectivity index (χ1v) is 5.01. The monoisotopic (exact) mass is 222 g/mol. The largest absolute Gasteiger partial charge is 0.326 e. The van der Waals surface area contributed by atoms with E-state index < -0.39 is 0 Å². The number of fused-ring (bicyclic) bond motifs is 1. The van der Waals surface area contributed by atoms with E-state index in [0.717, 1.165) is 16.5 Å². The zero-order valence-corrected chi connectivity index (χ0v) is 9.06. The molecule has 78 valence electrons. The predicted molar refractivity (Wildman–Crippen MR) is 62.2 cm³/mol. The van der Waals surface area contributed by atoms with Gasteiger partial charge in [-0.25, -0.2) is 0 Å². The molecule has 0 saturated carbocycles. The van der Waals surface area contributed by atoms with Crippen LogP contribution >= 0.6 is 11.6 Å². The highest BCUT2D eigenvalue weighted by Crippen LogP contribution is 2.21. The quantitative estimate of drug-likeness (QED) is 0.775. The number of nitrogens with one attached hydrogen (secondary N) is 1. The number of pyridine rings is 1. The van der Waals surface area contributed by atoms with Gasteiger partial charge in [-0.15, -0.1) is 0 Å². The van der Waals surface area contributed by atoms with Crippen LogP contribution in [-0.2, 0) is 6.54 Å². The number of rotatable bonds is 1. The molecule has 0 aliphatic carbocycles. The molecule has 0 saturated heterocycles. The first kappa shape index (κ1) is 10.2. The molecule has 0 fully saturated rings. The van der Waals surface area contributed by atoms with Crippen molar-refractivity contribution in [3.8, 4) is 0 Å². The lowest BCUT2D eigenvalue weighted by Gasteiger charge is -2.04. The molecule has 15 heavy (non-hydrogen) atoms. The summed E-state index contributed by atoms with van der Waals surface area (Å²) in [6, 6.07) is 5.42. The van der Waals surface area contributed by atoms with E-state index in [1.165, 1.54) is 0 Å². The molecule has 4 heteroatoms. The lowest BCUT2D eigenvalue weighted by molar-refractivity contribution is 1.03. The third kappa shape index (κ3) is 1.76. The molecule has 0 aliphatic heterocycles. The minimum Gasteiger partial charge on any atom is -0.326 e. The van der Waals surface area contributed by atoms with Gasteiger partial charge in [-0.05, 0) is 30.7 Å². The maximum Gasteiger partial charge on any atom is 0.252 e. The predicted octanol–water partition coefficient (Wildman–Crippen LogP) is 1.95. The van der Waals surface area contributed by atoms with Gasteiger partial charge in [0.1, 0.15) is 0 Å². The number of aromatic nitrogens is 1. The summed E-state index contributed by atoms with van der Waals surface area (Å²) < 4.78 is 0. The number of H-pyrrole nitrogens is 1. The Balaban J connectivity index is 2.87. The van der Waals surface area contributed by atoms with Crippen molar-refractivity contribution in [1.82, 2.24) is 4.98 Å². The van der Waals surface area contributed by atoms with Gasteiger partial charge in [-0.1, -0.05) is 11.6 Å². The van der Waals surface area contributed by atoms with Crippen LogP contribution in [0, 0.1) is 6.92 Å². The lowest BCUT2D eigenvalue weighted by Crippen LogP contribution is -2.15. The van der Waals surface area contributed by atoms with Gasteiger partial charge in [-0.2, -0.15) is 0 Å². The summed E-state index contributed by atoms with van der Waals surface area (Å²) in [6.45, 7) is 2.14. The first-order valence-electron chi connectivity index (χ1n) is 4.64. The third-order valence-electron chi connectivity index (χ3n) is 2.41. The summed E-state index contributed by atoms with van der Waals surface area (Å²) in [6.07, 6.45) is 0. The molecule has 0 unspecified atom stereocenters. The third-order valence-corrected chi connectivity index (χ3v) is 2.63. The summed E-state index contributed by atoms with van der Waals surface area (Å²) in [7, 11) is 0. The minimum absolute atomic E-state index is 0.129. The molecule has 3 nitrogen and oxygen atoms in total. The molecule has 2 aromatic rings. The molecule has 1 aromatic carbocycles. The number of benzene rings is 1. The summed E-state index contributed by atoms with van der Waals surface area (Å²) in [5.74, 6) is 0.